The number of carbonyl (C=O) groups excluding carboxylic acids is 1. The molecule has 27 heavy (non-hydrogen) atoms. The first kappa shape index (κ1) is 21.2. The highest BCUT2D eigenvalue weighted by Gasteiger charge is 2.27. The molecular formula is C17H20Br2N4O4. The zero-order valence-electron chi connectivity index (χ0n) is 15.5. The Balaban J connectivity index is 2.50. The smallest absolute Gasteiger partial charge is 0.434 e. The highest BCUT2D eigenvalue weighted by molar-refractivity contribution is 9.11. The molecule has 0 saturated carbocycles. The summed E-state index contributed by atoms with van der Waals surface area (Å²) >= 11 is 6.85. The first-order valence-corrected chi connectivity index (χ1v) is 9.43. The third-order valence-electron chi connectivity index (χ3n) is 3.13. The summed E-state index contributed by atoms with van der Waals surface area (Å²) in [5.41, 5.74) is 3.35. The number of hydrazine groups is 1. The van der Waals surface area contributed by atoms with Gasteiger partial charge in [0.15, 0.2) is 0 Å². The number of nitrogens with one attached hydrogen (secondary N) is 1. The van der Waals surface area contributed by atoms with E-state index in [0.29, 0.717) is 32.1 Å². The molecule has 146 valence electrons. The normalized spacial score (nSPS) is 10.9. The van der Waals surface area contributed by atoms with Crippen LogP contribution in [0.25, 0.3) is 0 Å². The number of methoxy groups -OCH3 is 2. The van der Waals surface area contributed by atoms with E-state index in [4.69, 9.17) is 14.2 Å². The average molecular weight is 504 g/mol. The summed E-state index contributed by atoms with van der Waals surface area (Å²) in [6, 6.07) is 3.34. The fourth-order valence-electron chi connectivity index (χ4n) is 2.02. The lowest BCUT2D eigenvalue weighted by molar-refractivity contribution is 0.0589. The van der Waals surface area contributed by atoms with Gasteiger partial charge in [0.2, 0.25) is 11.8 Å². The molecule has 0 saturated heterocycles. The van der Waals surface area contributed by atoms with E-state index in [1.165, 1.54) is 25.4 Å². The molecule has 2 aromatic rings. The Labute approximate surface area is 174 Å². The number of amides is 1. The van der Waals surface area contributed by atoms with E-state index in [1.54, 1.807) is 39.1 Å². The summed E-state index contributed by atoms with van der Waals surface area (Å²) in [7, 11) is 3.00. The SMILES string of the molecule is COc1nccc(NN(C(=O)OC(C)(C)C)c2ccnc(OC)c2Br)c1Br. The summed E-state index contributed by atoms with van der Waals surface area (Å²) in [4.78, 5) is 21.1. The molecule has 2 heterocycles. The van der Waals surface area contributed by atoms with Gasteiger partial charge in [-0.3, -0.25) is 5.43 Å². The van der Waals surface area contributed by atoms with E-state index < -0.39 is 11.7 Å². The third kappa shape index (κ3) is 5.23. The maximum atomic E-state index is 12.9. The van der Waals surface area contributed by atoms with Crippen LogP contribution in [0.4, 0.5) is 16.2 Å². The molecule has 0 atom stereocenters. The predicted octanol–water partition coefficient (Wildman–Crippen LogP) is 4.79. The van der Waals surface area contributed by atoms with Gasteiger partial charge in [-0.2, -0.15) is 5.01 Å². The fourth-order valence-corrected chi connectivity index (χ4v) is 3.07. The maximum absolute atomic E-state index is 12.9. The van der Waals surface area contributed by atoms with Crippen molar-refractivity contribution in [1.29, 1.82) is 0 Å². The summed E-state index contributed by atoms with van der Waals surface area (Å²) < 4.78 is 17.0. The van der Waals surface area contributed by atoms with Crippen molar-refractivity contribution in [2.45, 2.75) is 26.4 Å². The molecular weight excluding hydrogens is 484 g/mol. The van der Waals surface area contributed by atoms with Crippen LogP contribution in [-0.4, -0.2) is 35.9 Å². The minimum absolute atomic E-state index is 0.328. The van der Waals surface area contributed by atoms with E-state index >= 15 is 0 Å². The topological polar surface area (TPSA) is 85.8 Å². The van der Waals surface area contributed by atoms with Crippen molar-refractivity contribution in [2.75, 3.05) is 24.7 Å². The largest absolute Gasteiger partial charge is 0.480 e. The average Bonchev–Trinajstić information content (AvgIpc) is 2.60. The van der Waals surface area contributed by atoms with Crippen LogP contribution in [-0.2, 0) is 4.74 Å². The van der Waals surface area contributed by atoms with Gasteiger partial charge < -0.3 is 14.2 Å². The molecule has 0 unspecified atom stereocenters. The van der Waals surface area contributed by atoms with Crippen molar-refractivity contribution in [1.82, 2.24) is 9.97 Å². The van der Waals surface area contributed by atoms with Gasteiger partial charge in [-0.25, -0.2) is 14.8 Å². The molecule has 2 rings (SSSR count). The van der Waals surface area contributed by atoms with Gasteiger partial charge in [-0.1, -0.05) is 0 Å². The minimum Gasteiger partial charge on any atom is -0.480 e. The monoisotopic (exact) mass is 502 g/mol. The number of hydrogen-bond acceptors (Lipinski definition) is 7. The number of carbonyl (C=O) groups is 1. The van der Waals surface area contributed by atoms with E-state index in [2.05, 4.69) is 47.3 Å². The van der Waals surface area contributed by atoms with Crippen LogP contribution >= 0.6 is 31.9 Å². The van der Waals surface area contributed by atoms with Crippen molar-refractivity contribution >= 4 is 49.3 Å². The van der Waals surface area contributed by atoms with Gasteiger partial charge in [-0.05, 0) is 64.8 Å². The Kier molecular flexibility index (Phi) is 6.88. The molecule has 0 spiro atoms. The van der Waals surface area contributed by atoms with Gasteiger partial charge in [0.05, 0.1) is 25.6 Å². The van der Waals surface area contributed by atoms with E-state index in [1.807, 2.05) is 0 Å². The molecule has 8 nitrogen and oxygen atoms in total. The first-order valence-electron chi connectivity index (χ1n) is 7.84. The van der Waals surface area contributed by atoms with Crippen LogP contribution < -0.4 is 19.9 Å². The Morgan fingerprint density at radius 2 is 1.59 bits per heavy atom. The van der Waals surface area contributed by atoms with Gasteiger partial charge in [0.25, 0.3) is 0 Å². The Morgan fingerprint density at radius 1 is 1.04 bits per heavy atom. The molecule has 0 aliphatic rings. The second-order valence-corrected chi connectivity index (χ2v) is 7.85. The standard InChI is InChI=1S/C17H20Br2N4O4/c1-17(2,3)27-16(24)23(11-7-9-21-15(26-5)13(11)19)22-10-6-8-20-14(25-4)12(10)18/h6-9H,1-5H3,(H,20,22). The molecule has 10 heteroatoms. The number of hydrogen-bond donors (Lipinski definition) is 1. The summed E-state index contributed by atoms with van der Waals surface area (Å²) in [5.74, 6) is 0.699. The molecule has 0 fully saturated rings. The minimum atomic E-state index is -0.687. The van der Waals surface area contributed by atoms with Crippen LogP contribution in [0.1, 0.15) is 20.8 Å². The Hall–Kier alpha value is -2.07. The summed E-state index contributed by atoms with van der Waals surface area (Å²) in [6.07, 6.45) is 2.47. The number of aromatic nitrogens is 2. The second kappa shape index (κ2) is 8.75. The second-order valence-electron chi connectivity index (χ2n) is 6.26. The first-order chi connectivity index (χ1) is 12.7. The summed E-state index contributed by atoms with van der Waals surface area (Å²) in [6.45, 7) is 5.36. The molecule has 1 N–H and O–H groups in total. The van der Waals surface area contributed by atoms with Gasteiger partial charge in [0, 0.05) is 12.4 Å². The van der Waals surface area contributed by atoms with Crippen LogP contribution in [0.2, 0.25) is 0 Å². The third-order valence-corrected chi connectivity index (χ3v) is 4.64. The maximum Gasteiger partial charge on any atom is 0.434 e. The molecule has 0 aliphatic carbocycles. The molecule has 0 aliphatic heterocycles. The molecule has 0 radical (unpaired) electrons. The lowest BCUT2D eigenvalue weighted by atomic mass is 10.2. The lowest BCUT2D eigenvalue weighted by Gasteiger charge is -2.29. The molecule has 1 amide bonds. The highest BCUT2D eigenvalue weighted by Crippen LogP contribution is 2.36. The van der Waals surface area contributed by atoms with Crippen LogP contribution in [0.15, 0.2) is 33.5 Å². The van der Waals surface area contributed by atoms with Crippen molar-refractivity contribution < 1.29 is 19.0 Å². The number of nitrogens with zero attached hydrogens (tertiary/aromatic N) is 3. The number of rotatable bonds is 5. The lowest BCUT2D eigenvalue weighted by Crippen LogP contribution is -2.41. The number of ether oxygens (including phenoxy) is 3. The van der Waals surface area contributed by atoms with Crippen molar-refractivity contribution in [3.63, 3.8) is 0 Å². The quantitative estimate of drug-likeness (QED) is 0.587. The van der Waals surface area contributed by atoms with Crippen molar-refractivity contribution in [3.8, 4) is 11.8 Å². The van der Waals surface area contributed by atoms with E-state index in [-0.39, 0.29) is 0 Å². The predicted molar refractivity (Wildman–Crippen MR) is 109 cm³/mol. The van der Waals surface area contributed by atoms with Crippen LogP contribution in [0.3, 0.4) is 0 Å². The van der Waals surface area contributed by atoms with Gasteiger partial charge in [0.1, 0.15) is 14.5 Å². The zero-order valence-corrected chi connectivity index (χ0v) is 18.7. The summed E-state index contributed by atoms with van der Waals surface area (Å²) in [5, 5.41) is 1.25. The van der Waals surface area contributed by atoms with Crippen molar-refractivity contribution in [3.05, 3.63) is 33.5 Å². The van der Waals surface area contributed by atoms with Crippen LogP contribution in [0, 0.1) is 0 Å². The highest BCUT2D eigenvalue weighted by atomic mass is 79.9. The Morgan fingerprint density at radius 3 is 2.15 bits per heavy atom. The number of halogens is 2. The van der Waals surface area contributed by atoms with Crippen molar-refractivity contribution in [2.24, 2.45) is 0 Å². The molecule has 0 bridgehead atoms. The van der Waals surface area contributed by atoms with E-state index in [9.17, 15) is 4.79 Å². The number of pyridine rings is 2. The zero-order chi connectivity index (χ0) is 20.2. The molecule has 2 aromatic heterocycles. The number of anilines is 2. The molecule has 0 aromatic carbocycles. The van der Waals surface area contributed by atoms with Gasteiger partial charge >= 0.3 is 6.09 Å². The van der Waals surface area contributed by atoms with Crippen LogP contribution in [0.5, 0.6) is 11.8 Å². The van der Waals surface area contributed by atoms with E-state index in [0.717, 1.165) is 0 Å². The Bertz CT molecular complexity index is 827. The fraction of sp³-hybridized carbons (Fsp3) is 0.353. The van der Waals surface area contributed by atoms with Gasteiger partial charge in [-0.15, -0.1) is 0 Å².